The van der Waals surface area contributed by atoms with Crippen LogP contribution in [0.25, 0.3) is 0 Å². The molecule has 0 aliphatic carbocycles. The standard InChI is InChI=1S/C22H50N2O5/c1-9-23(7,15-21(25)17-28-19(3)4)11-13-27-14-12-24(8,10-2)16-22(26)18-29-20(5)6/h19-22,25-26H,9-18H2,1-8H3/q+2. The lowest BCUT2D eigenvalue weighted by atomic mass is 10.2. The van der Waals surface area contributed by atoms with E-state index in [1.165, 1.54) is 0 Å². The molecule has 0 saturated carbocycles. The molecule has 4 atom stereocenters. The largest absolute Gasteiger partial charge is 0.385 e. The zero-order chi connectivity index (χ0) is 22.5. The van der Waals surface area contributed by atoms with Crippen LogP contribution in [0.1, 0.15) is 41.5 Å². The summed E-state index contributed by atoms with van der Waals surface area (Å²) in [6.07, 6.45) is -0.654. The summed E-state index contributed by atoms with van der Waals surface area (Å²) >= 11 is 0. The van der Waals surface area contributed by atoms with E-state index in [1.54, 1.807) is 0 Å². The van der Waals surface area contributed by atoms with Crippen molar-refractivity contribution in [1.82, 2.24) is 0 Å². The Morgan fingerprint density at radius 3 is 1.31 bits per heavy atom. The molecule has 0 aromatic heterocycles. The van der Waals surface area contributed by atoms with Gasteiger partial charge in [0.05, 0.1) is 65.8 Å². The molecule has 0 saturated heterocycles. The van der Waals surface area contributed by atoms with Gasteiger partial charge in [-0.15, -0.1) is 0 Å². The van der Waals surface area contributed by atoms with Gasteiger partial charge < -0.3 is 33.4 Å². The second kappa shape index (κ2) is 14.7. The minimum atomic E-state index is -0.461. The van der Waals surface area contributed by atoms with Crippen molar-refractivity contribution in [2.24, 2.45) is 0 Å². The van der Waals surface area contributed by atoms with Crippen LogP contribution in [0.4, 0.5) is 0 Å². The van der Waals surface area contributed by atoms with Gasteiger partial charge in [-0.3, -0.25) is 0 Å². The first-order valence-electron chi connectivity index (χ1n) is 11.3. The van der Waals surface area contributed by atoms with Gasteiger partial charge in [-0.1, -0.05) is 0 Å². The first-order valence-corrected chi connectivity index (χ1v) is 11.3. The highest BCUT2D eigenvalue weighted by molar-refractivity contribution is 4.56. The van der Waals surface area contributed by atoms with Crippen LogP contribution in [0.15, 0.2) is 0 Å². The number of hydrogen-bond acceptors (Lipinski definition) is 5. The summed E-state index contributed by atoms with van der Waals surface area (Å²) in [5, 5.41) is 20.5. The Balaban J connectivity index is 4.26. The van der Waals surface area contributed by atoms with Gasteiger partial charge in [-0.25, -0.2) is 0 Å². The molecule has 7 heteroatoms. The second-order valence-corrected chi connectivity index (χ2v) is 9.37. The van der Waals surface area contributed by atoms with Crippen molar-refractivity contribution in [2.75, 3.05) is 79.8 Å². The van der Waals surface area contributed by atoms with Gasteiger partial charge in [-0.2, -0.15) is 0 Å². The molecule has 0 bridgehead atoms. The van der Waals surface area contributed by atoms with Crippen LogP contribution in [0, 0.1) is 0 Å². The van der Waals surface area contributed by atoms with E-state index < -0.39 is 12.2 Å². The summed E-state index contributed by atoms with van der Waals surface area (Å²) in [7, 11) is 4.30. The molecule has 0 aliphatic heterocycles. The number of likely N-dealkylation sites (N-methyl/N-ethyl adjacent to an activating group) is 2. The van der Waals surface area contributed by atoms with E-state index in [-0.39, 0.29) is 12.2 Å². The molecule has 4 unspecified atom stereocenters. The SMILES string of the molecule is CC[N+](C)(CCOCC[N+](C)(CC)CC(O)COC(C)C)CC(O)COC(C)C. The van der Waals surface area contributed by atoms with E-state index in [1.807, 2.05) is 27.7 Å². The van der Waals surface area contributed by atoms with Crippen molar-refractivity contribution in [3.63, 3.8) is 0 Å². The highest BCUT2D eigenvalue weighted by atomic mass is 16.5. The zero-order valence-electron chi connectivity index (χ0n) is 20.4. The van der Waals surface area contributed by atoms with Crippen molar-refractivity contribution >= 4 is 0 Å². The quantitative estimate of drug-likeness (QED) is 0.259. The average molecular weight is 423 g/mol. The van der Waals surface area contributed by atoms with Crippen LogP contribution in [-0.2, 0) is 14.2 Å². The van der Waals surface area contributed by atoms with Crippen molar-refractivity contribution in [3.8, 4) is 0 Å². The van der Waals surface area contributed by atoms with Crippen molar-refractivity contribution in [2.45, 2.75) is 66.0 Å². The molecule has 2 N–H and O–H groups in total. The summed E-state index contributed by atoms with van der Waals surface area (Å²) in [5.41, 5.74) is 0. The minimum Gasteiger partial charge on any atom is -0.385 e. The number of hydrogen-bond donors (Lipinski definition) is 2. The maximum absolute atomic E-state index is 10.3. The molecule has 29 heavy (non-hydrogen) atoms. The molecule has 0 spiro atoms. The molecule has 0 rings (SSSR count). The Morgan fingerprint density at radius 2 is 1.03 bits per heavy atom. The van der Waals surface area contributed by atoms with Crippen molar-refractivity contribution in [1.29, 1.82) is 0 Å². The van der Waals surface area contributed by atoms with Gasteiger partial charge in [0, 0.05) is 0 Å². The molecular formula is C22H50N2O5+2. The van der Waals surface area contributed by atoms with E-state index in [0.29, 0.717) is 39.5 Å². The minimum absolute atomic E-state index is 0.134. The smallest absolute Gasteiger partial charge is 0.126 e. The Labute approximate surface area is 179 Å². The first kappa shape index (κ1) is 28.7. The number of rotatable bonds is 18. The molecule has 0 radical (unpaired) electrons. The van der Waals surface area contributed by atoms with Crippen LogP contribution in [-0.4, -0.2) is 123 Å². The highest BCUT2D eigenvalue weighted by Gasteiger charge is 2.26. The molecule has 0 aromatic rings. The predicted octanol–water partition coefficient (Wildman–Crippen LogP) is 1.51. The Hall–Kier alpha value is -0.280. The van der Waals surface area contributed by atoms with Gasteiger partial charge in [-0.05, 0) is 41.5 Å². The Morgan fingerprint density at radius 1 is 0.690 bits per heavy atom. The molecule has 0 amide bonds. The lowest BCUT2D eigenvalue weighted by Gasteiger charge is -2.36. The maximum atomic E-state index is 10.3. The maximum Gasteiger partial charge on any atom is 0.126 e. The summed E-state index contributed by atoms with van der Waals surface area (Å²) in [4.78, 5) is 0. The zero-order valence-corrected chi connectivity index (χ0v) is 20.4. The van der Waals surface area contributed by atoms with Gasteiger partial charge >= 0.3 is 0 Å². The Bertz CT molecular complexity index is 375. The van der Waals surface area contributed by atoms with Crippen molar-refractivity contribution in [3.05, 3.63) is 0 Å². The second-order valence-electron chi connectivity index (χ2n) is 9.37. The fourth-order valence-corrected chi connectivity index (χ4v) is 3.16. The van der Waals surface area contributed by atoms with Crippen LogP contribution in [0.2, 0.25) is 0 Å². The third kappa shape index (κ3) is 14.4. The number of quaternary nitrogens is 2. The third-order valence-electron chi connectivity index (χ3n) is 5.62. The lowest BCUT2D eigenvalue weighted by Crippen LogP contribution is -2.52. The van der Waals surface area contributed by atoms with E-state index in [4.69, 9.17) is 14.2 Å². The monoisotopic (exact) mass is 422 g/mol. The first-order chi connectivity index (χ1) is 13.4. The van der Waals surface area contributed by atoms with Gasteiger partial charge in [0.15, 0.2) is 0 Å². The van der Waals surface area contributed by atoms with Gasteiger partial charge in [0.25, 0.3) is 0 Å². The normalized spacial score (nSPS) is 18.6. The fraction of sp³-hybridized carbons (Fsp3) is 1.00. The fourth-order valence-electron chi connectivity index (χ4n) is 3.16. The summed E-state index contributed by atoms with van der Waals surface area (Å²) < 4.78 is 18.5. The van der Waals surface area contributed by atoms with Crippen LogP contribution in [0.5, 0.6) is 0 Å². The molecule has 7 nitrogen and oxygen atoms in total. The average Bonchev–Trinajstić information content (AvgIpc) is 2.64. The lowest BCUT2D eigenvalue weighted by molar-refractivity contribution is -0.914. The molecule has 0 heterocycles. The van der Waals surface area contributed by atoms with Gasteiger partial charge in [0.1, 0.15) is 38.4 Å². The number of aliphatic hydroxyl groups is 2. The van der Waals surface area contributed by atoms with Gasteiger partial charge in [0.2, 0.25) is 0 Å². The summed E-state index contributed by atoms with van der Waals surface area (Å²) in [6, 6.07) is 0. The summed E-state index contributed by atoms with van der Waals surface area (Å²) in [5.74, 6) is 0. The molecule has 0 aromatic carbocycles. The molecular weight excluding hydrogens is 372 g/mol. The van der Waals surface area contributed by atoms with E-state index >= 15 is 0 Å². The highest BCUT2D eigenvalue weighted by Crippen LogP contribution is 2.08. The topological polar surface area (TPSA) is 68.2 Å². The van der Waals surface area contributed by atoms with E-state index in [9.17, 15) is 10.2 Å². The summed E-state index contributed by atoms with van der Waals surface area (Å²) in [6.45, 7) is 19.2. The number of aliphatic hydroxyl groups excluding tert-OH is 2. The van der Waals surface area contributed by atoms with Crippen molar-refractivity contribution < 1.29 is 33.4 Å². The molecule has 0 fully saturated rings. The Kier molecular flexibility index (Phi) is 14.5. The van der Waals surface area contributed by atoms with Crippen LogP contribution < -0.4 is 0 Å². The molecule has 176 valence electrons. The third-order valence-corrected chi connectivity index (χ3v) is 5.62. The number of nitrogens with zero attached hydrogens (tertiary/aromatic N) is 2. The van der Waals surface area contributed by atoms with Crippen LogP contribution >= 0.6 is 0 Å². The molecule has 0 aliphatic rings. The van der Waals surface area contributed by atoms with Crippen LogP contribution in [0.3, 0.4) is 0 Å². The van der Waals surface area contributed by atoms with E-state index in [2.05, 4.69) is 27.9 Å². The number of ether oxygens (including phenoxy) is 3. The van der Waals surface area contributed by atoms with E-state index in [0.717, 1.165) is 35.1 Å². The predicted molar refractivity (Wildman–Crippen MR) is 118 cm³/mol.